The second-order valence-electron chi connectivity index (χ2n) is 11.4. The van der Waals surface area contributed by atoms with Gasteiger partial charge in [-0.15, -0.1) is 0 Å². The molecule has 0 spiro atoms. The summed E-state index contributed by atoms with van der Waals surface area (Å²) >= 11 is 0. The molecule has 0 bridgehead atoms. The van der Waals surface area contributed by atoms with Gasteiger partial charge in [0.2, 0.25) is 0 Å². The van der Waals surface area contributed by atoms with Gasteiger partial charge < -0.3 is 33.5 Å². The van der Waals surface area contributed by atoms with Crippen LogP contribution in [-0.4, -0.2) is 83.3 Å². The molecule has 3 fully saturated rings. The molecule has 2 aliphatic carbocycles. The van der Waals surface area contributed by atoms with Gasteiger partial charge in [-0.1, -0.05) is 13.0 Å². The summed E-state index contributed by atoms with van der Waals surface area (Å²) in [6, 6.07) is 0. The Labute approximate surface area is 231 Å². The molecule has 0 radical (unpaired) electrons. The number of hydrogen-bond acceptors (Lipinski definition) is 12. The molecule has 4 rings (SSSR count). The molecule has 0 aromatic rings. The van der Waals surface area contributed by atoms with Crippen LogP contribution in [0.3, 0.4) is 0 Å². The minimum Gasteiger partial charge on any atom is -0.462 e. The van der Waals surface area contributed by atoms with Crippen molar-refractivity contribution in [1.29, 1.82) is 0 Å². The average molecular weight is 565 g/mol. The Balaban J connectivity index is 2.03. The molecule has 2 saturated heterocycles. The summed E-state index contributed by atoms with van der Waals surface area (Å²) in [6.45, 7) is 9.55. The van der Waals surface area contributed by atoms with Crippen LogP contribution in [0.1, 0.15) is 54.9 Å². The molecule has 220 valence electrons. The Bertz CT molecular complexity index is 1170. The Hall–Kier alpha value is -3.25. The zero-order valence-corrected chi connectivity index (χ0v) is 23.6. The molecule has 4 aliphatic rings. The fourth-order valence-corrected chi connectivity index (χ4v) is 6.69. The van der Waals surface area contributed by atoms with Crippen molar-refractivity contribution in [1.82, 2.24) is 0 Å². The number of fused-ring (bicyclic) bond motifs is 4. The third-order valence-electron chi connectivity index (χ3n) is 8.69. The van der Waals surface area contributed by atoms with E-state index >= 15 is 0 Å². The van der Waals surface area contributed by atoms with Crippen molar-refractivity contribution in [3.63, 3.8) is 0 Å². The van der Waals surface area contributed by atoms with E-state index in [9.17, 15) is 29.1 Å². The van der Waals surface area contributed by atoms with Gasteiger partial charge in [-0.2, -0.15) is 0 Å². The first kappa shape index (κ1) is 29.7. The molecule has 2 heterocycles. The first-order chi connectivity index (χ1) is 18.5. The highest BCUT2D eigenvalue weighted by Gasteiger charge is 2.77. The Morgan fingerprint density at radius 2 is 1.62 bits per heavy atom. The summed E-state index contributed by atoms with van der Waals surface area (Å²) in [5.41, 5.74) is -4.20. The Morgan fingerprint density at radius 3 is 2.20 bits per heavy atom. The molecule has 2 aliphatic heterocycles. The van der Waals surface area contributed by atoms with Crippen LogP contribution in [0.5, 0.6) is 0 Å². The van der Waals surface area contributed by atoms with E-state index in [1.54, 1.807) is 19.9 Å². The minimum atomic E-state index is -2.14. The van der Waals surface area contributed by atoms with Crippen molar-refractivity contribution < 1.29 is 57.5 Å². The van der Waals surface area contributed by atoms with Crippen LogP contribution in [0.15, 0.2) is 23.8 Å². The summed E-state index contributed by atoms with van der Waals surface area (Å²) in [6.07, 6.45) is -0.480. The summed E-state index contributed by atoms with van der Waals surface area (Å²) < 4.78 is 34.4. The summed E-state index contributed by atoms with van der Waals surface area (Å²) in [7, 11) is 0. The molecule has 10 atom stereocenters. The predicted molar refractivity (Wildman–Crippen MR) is 134 cm³/mol. The summed E-state index contributed by atoms with van der Waals surface area (Å²) in [5.74, 6) is -5.44. The first-order valence-corrected chi connectivity index (χ1v) is 13.2. The van der Waals surface area contributed by atoms with Crippen LogP contribution in [0.25, 0.3) is 0 Å². The van der Waals surface area contributed by atoms with Crippen molar-refractivity contribution in [2.24, 2.45) is 17.3 Å². The molecule has 0 unspecified atom stereocenters. The van der Waals surface area contributed by atoms with E-state index < -0.39 is 88.8 Å². The zero-order valence-electron chi connectivity index (χ0n) is 23.6. The van der Waals surface area contributed by atoms with Gasteiger partial charge in [0, 0.05) is 40.0 Å². The molecule has 0 aromatic heterocycles. The van der Waals surface area contributed by atoms with Gasteiger partial charge in [0.05, 0.1) is 23.0 Å². The minimum absolute atomic E-state index is 0.241. The number of aliphatic hydroxyl groups is 1. The number of esters is 5. The Kier molecular flexibility index (Phi) is 7.65. The zero-order chi connectivity index (χ0) is 29.8. The highest BCUT2D eigenvalue weighted by molar-refractivity contribution is 5.78. The molecule has 1 saturated carbocycles. The topological polar surface area (TPSA) is 164 Å². The summed E-state index contributed by atoms with van der Waals surface area (Å²) in [4.78, 5) is 61.8. The molecule has 12 nitrogen and oxygen atoms in total. The van der Waals surface area contributed by atoms with Gasteiger partial charge in [0.1, 0.15) is 24.9 Å². The van der Waals surface area contributed by atoms with E-state index in [2.05, 4.69) is 0 Å². The van der Waals surface area contributed by atoms with E-state index in [0.29, 0.717) is 5.57 Å². The SMILES string of the molecule is CC(=O)OCC1=C/[C@@H]2OC(=O)[C@H](C)[C@@]2(O)[C@@H](OC(C)=O)[C@H]2[C@]3(C)O[C@@H]3C[C@H](OC(C)=O)[C@]2(C)[C@@H](OC(C)=O)/C=C\1. The van der Waals surface area contributed by atoms with Crippen LogP contribution in [0.2, 0.25) is 0 Å². The monoisotopic (exact) mass is 564 g/mol. The number of rotatable bonds is 5. The van der Waals surface area contributed by atoms with Crippen LogP contribution < -0.4 is 0 Å². The molecule has 1 N–H and O–H groups in total. The second kappa shape index (κ2) is 10.3. The fraction of sp³-hybridized carbons (Fsp3) is 0.679. The molecule has 12 heteroatoms. The summed E-state index contributed by atoms with van der Waals surface area (Å²) in [5, 5.41) is 12.4. The van der Waals surface area contributed by atoms with Gasteiger partial charge in [0.25, 0.3) is 0 Å². The quantitative estimate of drug-likeness (QED) is 0.290. The van der Waals surface area contributed by atoms with E-state index in [-0.39, 0.29) is 13.0 Å². The number of ether oxygens (including phenoxy) is 6. The van der Waals surface area contributed by atoms with Gasteiger partial charge in [-0.05, 0) is 31.6 Å². The van der Waals surface area contributed by atoms with E-state index in [1.807, 2.05) is 0 Å². The maximum atomic E-state index is 13.0. The largest absolute Gasteiger partial charge is 0.462 e. The number of hydrogen-bond donors (Lipinski definition) is 1. The molecule has 0 aromatic carbocycles. The van der Waals surface area contributed by atoms with Gasteiger partial charge in [-0.25, -0.2) is 0 Å². The molecule has 40 heavy (non-hydrogen) atoms. The predicted octanol–water partition coefficient (Wildman–Crippen LogP) is 1.32. The van der Waals surface area contributed by atoms with Gasteiger partial charge >= 0.3 is 29.8 Å². The average Bonchev–Trinajstić information content (AvgIpc) is 3.44. The smallest absolute Gasteiger partial charge is 0.312 e. The van der Waals surface area contributed by atoms with Crippen molar-refractivity contribution in [3.05, 3.63) is 23.8 Å². The molecular formula is C28H36O12. The fourth-order valence-electron chi connectivity index (χ4n) is 6.69. The standard InChI is InChI=1S/C28H36O12/c1-13-25(33)39-22-10-18(12-35-14(2)29)8-9-19(36-15(3)30)26(6)20(37-16(4)31)11-21-27(7,40-21)23(26)24(28(13,22)34)38-17(5)32/h8-10,13,19-24,34H,11-12H2,1-7H3/b9-8-,18-10+/t13-,19-,20-,21+,22-,23+,24-,26-,27+,28-/m0/s1. The van der Waals surface area contributed by atoms with Crippen LogP contribution in [-0.2, 0) is 52.4 Å². The van der Waals surface area contributed by atoms with Crippen molar-refractivity contribution in [2.75, 3.05) is 6.61 Å². The lowest BCUT2D eigenvalue weighted by atomic mass is 9.53. The third-order valence-corrected chi connectivity index (χ3v) is 8.69. The lowest BCUT2D eigenvalue weighted by Crippen LogP contribution is -2.68. The van der Waals surface area contributed by atoms with E-state index in [4.69, 9.17) is 28.4 Å². The lowest BCUT2D eigenvalue weighted by Gasteiger charge is -2.54. The van der Waals surface area contributed by atoms with Crippen molar-refractivity contribution >= 4 is 29.8 Å². The maximum absolute atomic E-state index is 13.0. The Morgan fingerprint density at radius 1 is 1.00 bits per heavy atom. The second-order valence-corrected chi connectivity index (χ2v) is 11.4. The van der Waals surface area contributed by atoms with Gasteiger partial charge in [-0.3, -0.25) is 24.0 Å². The normalized spacial score (nSPS) is 43.8. The number of carbonyl (C=O) groups is 5. The number of carbonyl (C=O) groups excluding carboxylic acids is 5. The highest BCUT2D eigenvalue weighted by atomic mass is 16.6. The van der Waals surface area contributed by atoms with E-state index in [0.717, 1.165) is 0 Å². The third kappa shape index (κ3) is 4.91. The lowest BCUT2D eigenvalue weighted by molar-refractivity contribution is -0.228. The van der Waals surface area contributed by atoms with Gasteiger partial charge in [0.15, 0.2) is 11.7 Å². The molecule has 0 amide bonds. The molecular weight excluding hydrogens is 528 g/mol. The first-order valence-electron chi connectivity index (χ1n) is 13.2. The highest BCUT2D eigenvalue weighted by Crippen LogP contribution is 2.64. The maximum Gasteiger partial charge on any atom is 0.312 e. The van der Waals surface area contributed by atoms with Crippen molar-refractivity contribution in [3.8, 4) is 0 Å². The van der Waals surface area contributed by atoms with Crippen LogP contribution in [0.4, 0.5) is 0 Å². The van der Waals surface area contributed by atoms with E-state index in [1.165, 1.54) is 46.8 Å². The number of epoxide rings is 1. The van der Waals surface area contributed by atoms with Crippen LogP contribution >= 0.6 is 0 Å². The van der Waals surface area contributed by atoms with Crippen molar-refractivity contribution in [2.45, 2.75) is 96.6 Å². The van der Waals surface area contributed by atoms with Crippen LogP contribution in [0, 0.1) is 17.3 Å².